The summed E-state index contributed by atoms with van der Waals surface area (Å²) in [6, 6.07) is 3.36. The molecule has 0 unspecified atom stereocenters. The first-order valence-corrected chi connectivity index (χ1v) is 10.4. The van der Waals surface area contributed by atoms with Crippen molar-refractivity contribution in [2.75, 3.05) is 24.7 Å². The molecule has 1 amide bonds. The van der Waals surface area contributed by atoms with Gasteiger partial charge in [-0.2, -0.15) is 0 Å². The molecular weight excluding hydrogens is 384 g/mol. The molecule has 10 heteroatoms. The van der Waals surface area contributed by atoms with Crippen molar-refractivity contribution in [3.63, 3.8) is 0 Å². The van der Waals surface area contributed by atoms with Gasteiger partial charge >= 0.3 is 0 Å². The van der Waals surface area contributed by atoms with Crippen molar-refractivity contribution in [1.82, 2.24) is 4.90 Å². The maximum atomic E-state index is 12.6. The molecule has 0 saturated carbocycles. The van der Waals surface area contributed by atoms with E-state index in [1.54, 1.807) is 4.90 Å². The zero-order valence-electron chi connectivity index (χ0n) is 14.6. The van der Waals surface area contributed by atoms with Gasteiger partial charge in [-0.1, -0.05) is 25.4 Å². The number of carbonyl (C=O) groups excluding carboxylic acids is 1. The van der Waals surface area contributed by atoms with Crippen LogP contribution in [0, 0.1) is 16.0 Å². The Morgan fingerprint density at radius 1 is 1.46 bits per heavy atom. The van der Waals surface area contributed by atoms with Gasteiger partial charge < -0.3 is 9.64 Å². The highest BCUT2D eigenvalue weighted by Gasteiger charge is 2.35. The van der Waals surface area contributed by atoms with Crippen molar-refractivity contribution in [1.29, 1.82) is 0 Å². The van der Waals surface area contributed by atoms with Crippen LogP contribution in [0.3, 0.4) is 0 Å². The Hall–Kier alpha value is -1.87. The second kappa shape index (κ2) is 8.22. The molecule has 1 fully saturated rings. The number of halogens is 1. The fourth-order valence-electron chi connectivity index (χ4n) is 2.81. The fourth-order valence-corrected chi connectivity index (χ4v) is 4.77. The van der Waals surface area contributed by atoms with Crippen LogP contribution in [0.2, 0.25) is 5.02 Å². The minimum Gasteiger partial charge on any atom is -0.482 e. The number of carbonyl (C=O) groups is 1. The Balaban J connectivity index is 2.06. The van der Waals surface area contributed by atoms with Crippen molar-refractivity contribution in [2.24, 2.45) is 5.92 Å². The van der Waals surface area contributed by atoms with Gasteiger partial charge in [0.25, 0.3) is 11.6 Å². The van der Waals surface area contributed by atoms with E-state index in [0.29, 0.717) is 13.0 Å². The van der Waals surface area contributed by atoms with Gasteiger partial charge in [-0.15, -0.1) is 0 Å². The molecule has 0 aromatic heterocycles. The molecule has 8 nitrogen and oxygen atoms in total. The van der Waals surface area contributed by atoms with Crippen LogP contribution in [0.15, 0.2) is 18.2 Å². The number of nitrogens with zero attached hydrogens (tertiary/aromatic N) is 2. The number of sulfone groups is 1. The van der Waals surface area contributed by atoms with Crippen molar-refractivity contribution in [3.8, 4) is 5.75 Å². The normalized spacial score (nSPS) is 18.7. The predicted molar refractivity (Wildman–Crippen MR) is 97.2 cm³/mol. The topological polar surface area (TPSA) is 107 Å². The number of benzene rings is 1. The number of non-ortho nitro benzene ring substituents is 1. The lowest BCUT2D eigenvalue weighted by Gasteiger charge is -2.30. The van der Waals surface area contributed by atoms with E-state index in [9.17, 15) is 23.3 Å². The third kappa shape index (κ3) is 5.31. The minimum absolute atomic E-state index is 0.0332. The van der Waals surface area contributed by atoms with Crippen LogP contribution in [0.1, 0.15) is 20.3 Å². The molecule has 1 aromatic carbocycles. The van der Waals surface area contributed by atoms with E-state index in [-0.39, 0.29) is 52.4 Å². The van der Waals surface area contributed by atoms with Crippen molar-refractivity contribution in [3.05, 3.63) is 33.3 Å². The largest absolute Gasteiger partial charge is 0.482 e. The second-order valence-corrected chi connectivity index (χ2v) is 9.29. The average molecular weight is 405 g/mol. The van der Waals surface area contributed by atoms with Crippen LogP contribution in [0.25, 0.3) is 0 Å². The van der Waals surface area contributed by atoms with Crippen LogP contribution in [0.5, 0.6) is 5.75 Å². The standard InChI is InChI=1S/C16H21ClN2O6S/c1-11(2)8-18(13-5-6-26(23,24)10-13)16(20)9-25-15-4-3-12(19(21)22)7-14(15)17/h3-4,7,11,13H,5-6,8-10H2,1-2H3/t13-/m0/s1. The maximum absolute atomic E-state index is 12.6. The summed E-state index contributed by atoms with van der Waals surface area (Å²) in [4.78, 5) is 24.3. The van der Waals surface area contributed by atoms with Crippen LogP contribution < -0.4 is 4.74 Å². The molecule has 0 radical (unpaired) electrons. The van der Waals surface area contributed by atoms with Gasteiger partial charge in [-0.3, -0.25) is 14.9 Å². The van der Waals surface area contributed by atoms with E-state index < -0.39 is 14.8 Å². The molecule has 144 valence electrons. The van der Waals surface area contributed by atoms with E-state index >= 15 is 0 Å². The van der Waals surface area contributed by atoms with E-state index in [0.717, 1.165) is 6.07 Å². The lowest BCUT2D eigenvalue weighted by atomic mass is 10.1. The van der Waals surface area contributed by atoms with Crippen LogP contribution in [0.4, 0.5) is 5.69 Å². The minimum atomic E-state index is -3.12. The summed E-state index contributed by atoms with van der Waals surface area (Å²) in [5.74, 6) is 0.0350. The highest BCUT2D eigenvalue weighted by Crippen LogP contribution is 2.29. The van der Waals surface area contributed by atoms with Gasteiger partial charge in [0, 0.05) is 24.7 Å². The number of hydrogen-bond donors (Lipinski definition) is 0. The Bertz CT molecular complexity index is 796. The number of nitro benzene ring substituents is 1. The Morgan fingerprint density at radius 2 is 2.15 bits per heavy atom. The summed E-state index contributed by atoms with van der Waals surface area (Å²) in [7, 11) is -3.12. The Labute approximate surface area is 157 Å². The summed E-state index contributed by atoms with van der Waals surface area (Å²) in [6.07, 6.45) is 0.416. The zero-order chi connectivity index (χ0) is 19.5. The summed E-state index contributed by atoms with van der Waals surface area (Å²) in [5.41, 5.74) is -0.175. The Morgan fingerprint density at radius 3 is 2.65 bits per heavy atom. The van der Waals surface area contributed by atoms with Crippen molar-refractivity contribution in [2.45, 2.75) is 26.3 Å². The highest BCUT2D eigenvalue weighted by molar-refractivity contribution is 7.91. The molecule has 1 heterocycles. The second-order valence-electron chi connectivity index (χ2n) is 6.66. The van der Waals surface area contributed by atoms with Gasteiger partial charge in [0.1, 0.15) is 5.75 Å². The van der Waals surface area contributed by atoms with Crippen LogP contribution in [-0.4, -0.2) is 54.8 Å². The quantitative estimate of drug-likeness (QED) is 0.509. The van der Waals surface area contributed by atoms with E-state index in [4.69, 9.17) is 16.3 Å². The smallest absolute Gasteiger partial charge is 0.271 e. The lowest BCUT2D eigenvalue weighted by molar-refractivity contribution is -0.384. The van der Waals surface area contributed by atoms with E-state index in [1.807, 2.05) is 13.8 Å². The molecule has 1 aliphatic heterocycles. The van der Waals surface area contributed by atoms with Crippen LogP contribution in [-0.2, 0) is 14.6 Å². The number of nitro groups is 1. The molecule has 0 N–H and O–H groups in total. The third-order valence-electron chi connectivity index (χ3n) is 4.01. The maximum Gasteiger partial charge on any atom is 0.271 e. The van der Waals surface area contributed by atoms with Gasteiger partial charge in [0.05, 0.1) is 21.5 Å². The zero-order valence-corrected chi connectivity index (χ0v) is 16.1. The SMILES string of the molecule is CC(C)CN(C(=O)COc1ccc([N+](=O)[O-])cc1Cl)[C@H]1CCS(=O)(=O)C1. The van der Waals surface area contributed by atoms with E-state index in [2.05, 4.69) is 0 Å². The number of rotatable bonds is 7. The number of hydrogen-bond acceptors (Lipinski definition) is 6. The molecule has 1 saturated heterocycles. The van der Waals surface area contributed by atoms with Gasteiger partial charge in [0.15, 0.2) is 16.4 Å². The monoisotopic (exact) mass is 404 g/mol. The summed E-state index contributed by atoms with van der Waals surface area (Å²) in [5, 5.41) is 10.8. The molecule has 1 aromatic rings. The molecule has 1 aliphatic rings. The first-order valence-electron chi connectivity index (χ1n) is 8.15. The first kappa shape index (κ1) is 20.4. The van der Waals surface area contributed by atoms with Crippen LogP contribution >= 0.6 is 11.6 Å². The Kier molecular flexibility index (Phi) is 6.46. The predicted octanol–water partition coefficient (Wildman–Crippen LogP) is 2.30. The van der Waals surface area contributed by atoms with Crippen molar-refractivity contribution >= 4 is 33.0 Å². The fraction of sp³-hybridized carbons (Fsp3) is 0.562. The summed E-state index contributed by atoms with van der Waals surface area (Å²) in [6.45, 7) is 3.99. The van der Waals surface area contributed by atoms with Gasteiger partial charge in [-0.05, 0) is 18.4 Å². The molecular formula is C16H21ClN2O6S. The molecule has 0 aliphatic carbocycles. The lowest BCUT2D eigenvalue weighted by Crippen LogP contribution is -2.45. The summed E-state index contributed by atoms with van der Waals surface area (Å²) < 4.78 is 28.9. The number of ether oxygens (including phenoxy) is 1. The molecule has 26 heavy (non-hydrogen) atoms. The van der Waals surface area contributed by atoms with Crippen molar-refractivity contribution < 1.29 is 22.9 Å². The number of amides is 1. The van der Waals surface area contributed by atoms with Gasteiger partial charge in [0.2, 0.25) is 0 Å². The molecule has 0 spiro atoms. The molecule has 0 bridgehead atoms. The molecule has 1 atom stereocenters. The first-order chi connectivity index (χ1) is 12.1. The average Bonchev–Trinajstić information content (AvgIpc) is 2.90. The third-order valence-corrected chi connectivity index (χ3v) is 6.05. The molecule has 2 rings (SSSR count). The van der Waals surface area contributed by atoms with E-state index in [1.165, 1.54) is 12.1 Å². The van der Waals surface area contributed by atoms with Gasteiger partial charge in [-0.25, -0.2) is 8.42 Å². The highest BCUT2D eigenvalue weighted by atomic mass is 35.5. The summed E-state index contributed by atoms with van der Waals surface area (Å²) >= 11 is 5.95.